The van der Waals surface area contributed by atoms with Crippen molar-refractivity contribution in [3.8, 4) is 0 Å². The quantitative estimate of drug-likeness (QED) is 0.0234. The SMILES string of the molecule is CC/C=C\C/C=C\C/C=C\C/C=C\CCCCC(=O)OC(COCCCCCCCCC/C=C\C/C=C\C/C=C\CCCCCCC)COP(=O)(O)OCC(N)C(=O)O. The number of hydrogen-bond acceptors (Lipinski definition) is 8. The number of phosphoric acid groups is 1. The summed E-state index contributed by atoms with van der Waals surface area (Å²) in [4.78, 5) is 33.5. The molecule has 0 rings (SSSR count). The third-order valence-electron chi connectivity index (χ3n) is 9.16. The van der Waals surface area contributed by atoms with Crippen molar-refractivity contribution in [2.75, 3.05) is 26.4 Å². The van der Waals surface area contributed by atoms with Crippen LogP contribution >= 0.6 is 7.82 Å². The molecule has 0 aromatic heterocycles. The van der Waals surface area contributed by atoms with E-state index < -0.39 is 45.1 Å². The molecular weight excluding hydrogens is 766 g/mol. The molecule has 0 saturated carbocycles. The average molecular weight is 848 g/mol. The van der Waals surface area contributed by atoms with Gasteiger partial charge in [-0.15, -0.1) is 0 Å². The lowest BCUT2D eigenvalue weighted by Crippen LogP contribution is -2.34. The molecule has 0 radical (unpaired) electrons. The standard InChI is InChI=1S/C48H82NO9P/c1-3-5-7-9-11-13-15-17-19-20-21-22-23-24-25-27-29-31-33-35-37-39-41-55-42-45(43-56-59(53,54)57-44-46(49)48(51)52)58-47(50)40-38-36-34-32-30-28-26-18-16-14-12-10-8-6-4-2/h6,8,12,14-15,17-18,20-21,23-24,26,30,32,45-46H,3-5,7,9-11,13,16,19,22,25,27-29,31,33-44,49H2,1-2H3,(H,51,52)(H,53,54)/b8-6-,14-12-,17-15-,21-20-,24-23-,26-18-,32-30-. The summed E-state index contributed by atoms with van der Waals surface area (Å²) in [7, 11) is -4.64. The first kappa shape index (κ1) is 56.1. The number of allylic oxidation sites excluding steroid dienone is 14. The fourth-order valence-corrected chi connectivity index (χ4v) is 6.44. The third-order valence-corrected chi connectivity index (χ3v) is 10.1. The molecule has 4 N–H and O–H groups in total. The van der Waals surface area contributed by atoms with E-state index in [9.17, 15) is 19.0 Å². The second-order valence-corrected chi connectivity index (χ2v) is 16.2. The predicted octanol–water partition coefficient (Wildman–Crippen LogP) is 12.8. The highest BCUT2D eigenvalue weighted by Crippen LogP contribution is 2.43. The minimum atomic E-state index is -4.64. The fraction of sp³-hybridized carbons (Fsp3) is 0.667. The Kier molecular flexibility index (Phi) is 41.2. The van der Waals surface area contributed by atoms with Crippen LogP contribution in [0.3, 0.4) is 0 Å². The number of carboxylic acid groups (broad SMARTS) is 1. The molecule has 0 bridgehead atoms. The van der Waals surface area contributed by atoms with Gasteiger partial charge in [-0.3, -0.25) is 18.6 Å². The first-order chi connectivity index (χ1) is 28.7. The Morgan fingerprint density at radius 1 is 0.559 bits per heavy atom. The normalized spacial score (nSPS) is 14.6. The van der Waals surface area contributed by atoms with Crippen molar-refractivity contribution in [1.29, 1.82) is 0 Å². The summed E-state index contributed by atoms with van der Waals surface area (Å²) in [5, 5.41) is 8.90. The first-order valence-electron chi connectivity index (χ1n) is 22.6. The number of carbonyl (C=O) groups is 2. The van der Waals surface area contributed by atoms with E-state index in [1.165, 1.54) is 64.2 Å². The van der Waals surface area contributed by atoms with Crippen molar-refractivity contribution in [2.24, 2.45) is 5.73 Å². The molecule has 0 amide bonds. The number of hydrogen-bond donors (Lipinski definition) is 3. The number of carbonyl (C=O) groups excluding carboxylic acids is 1. The van der Waals surface area contributed by atoms with Crippen LogP contribution in [0.1, 0.15) is 168 Å². The van der Waals surface area contributed by atoms with Gasteiger partial charge in [-0.1, -0.05) is 157 Å². The van der Waals surface area contributed by atoms with Gasteiger partial charge in [0.05, 0.1) is 19.8 Å². The molecule has 3 unspecified atom stereocenters. The second-order valence-electron chi connectivity index (χ2n) is 14.8. The van der Waals surface area contributed by atoms with E-state index in [-0.39, 0.29) is 13.0 Å². The molecule has 0 aliphatic rings. The summed E-state index contributed by atoms with van der Waals surface area (Å²) in [5.41, 5.74) is 5.35. The monoisotopic (exact) mass is 848 g/mol. The third kappa shape index (κ3) is 43.1. The molecule has 0 aromatic rings. The van der Waals surface area contributed by atoms with Gasteiger partial charge in [-0.2, -0.15) is 0 Å². The average Bonchev–Trinajstić information content (AvgIpc) is 3.21. The van der Waals surface area contributed by atoms with Gasteiger partial charge in [0.2, 0.25) is 0 Å². The van der Waals surface area contributed by atoms with Crippen molar-refractivity contribution in [3.05, 3.63) is 85.1 Å². The Morgan fingerprint density at radius 3 is 1.47 bits per heavy atom. The molecule has 0 spiro atoms. The summed E-state index contributed by atoms with van der Waals surface area (Å²) >= 11 is 0. The zero-order chi connectivity index (χ0) is 43.3. The number of esters is 1. The molecule has 59 heavy (non-hydrogen) atoms. The summed E-state index contributed by atoms with van der Waals surface area (Å²) in [6.45, 7) is 3.66. The summed E-state index contributed by atoms with van der Waals surface area (Å²) in [6, 6.07) is -1.49. The molecule has 3 atom stereocenters. The van der Waals surface area contributed by atoms with Gasteiger partial charge < -0.3 is 25.2 Å². The van der Waals surface area contributed by atoms with E-state index in [1.807, 2.05) is 0 Å². The van der Waals surface area contributed by atoms with Crippen LogP contribution in [0.2, 0.25) is 0 Å². The Balaban J connectivity index is 4.29. The molecular formula is C48H82NO9P. The number of aliphatic carboxylic acids is 1. The highest BCUT2D eigenvalue weighted by atomic mass is 31.2. The number of nitrogens with two attached hydrogens (primary N) is 1. The van der Waals surface area contributed by atoms with Gasteiger partial charge in [-0.25, -0.2) is 4.57 Å². The van der Waals surface area contributed by atoms with Crippen molar-refractivity contribution in [2.45, 2.75) is 180 Å². The maximum absolute atomic E-state index is 12.6. The van der Waals surface area contributed by atoms with Crippen molar-refractivity contribution < 1.29 is 42.7 Å². The molecule has 0 aliphatic carbocycles. The van der Waals surface area contributed by atoms with Crippen molar-refractivity contribution in [3.63, 3.8) is 0 Å². The van der Waals surface area contributed by atoms with Gasteiger partial charge >= 0.3 is 19.8 Å². The predicted molar refractivity (Wildman–Crippen MR) is 244 cm³/mol. The van der Waals surface area contributed by atoms with E-state index in [0.29, 0.717) is 13.0 Å². The van der Waals surface area contributed by atoms with Crippen LogP contribution < -0.4 is 5.73 Å². The van der Waals surface area contributed by atoms with E-state index in [2.05, 4.69) is 98.9 Å². The maximum atomic E-state index is 12.6. The highest BCUT2D eigenvalue weighted by Gasteiger charge is 2.27. The molecule has 11 heteroatoms. The Hall–Kier alpha value is -2.85. The minimum Gasteiger partial charge on any atom is -0.480 e. The number of rotatable bonds is 42. The summed E-state index contributed by atoms with van der Waals surface area (Å²) < 4.78 is 33.3. The van der Waals surface area contributed by atoms with Gasteiger partial charge in [0.1, 0.15) is 12.1 Å². The molecule has 10 nitrogen and oxygen atoms in total. The zero-order valence-corrected chi connectivity index (χ0v) is 37.7. The van der Waals surface area contributed by atoms with E-state index in [4.69, 9.17) is 29.4 Å². The smallest absolute Gasteiger partial charge is 0.472 e. The van der Waals surface area contributed by atoms with Crippen LogP contribution in [0.15, 0.2) is 85.1 Å². The van der Waals surface area contributed by atoms with Gasteiger partial charge in [0, 0.05) is 13.0 Å². The lowest BCUT2D eigenvalue weighted by Gasteiger charge is -2.20. The van der Waals surface area contributed by atoms with Crippen LogP contribution in [0.4, 0.5) is 0 Å². The molecule has 338 valence electrons. The number of phosphoric ester groups is 1. The first-order valence-corrected chi connectivity index (χ1v) is 24.1. The molecule has 0 aliphatic heterocycles. The minimum absolute atomic E-state index is 0.0120. The topological polar surface area (TPSA) is 155 Å². The van der Waals surface area contributed by atoms with Crippen LogP contribution in [0.5, 0.6) is 0 Å². The van der Waals surface area contributed by atoms with Crippen molar-refractivity contribution >= 4 is 19.8 Å². The van der Waals surface area contributed by atoms with Crippen LogP contribution in [-0.4, -0.2) is 60.5 Å². The van der Waals surface area contributed by atoms with Crippen LogP contribution in [-0.2, 0) is 32.7 Å². The lowest BCUT2D eigenvalue weighted by atomic mass is 10.1. The summed E-state index contributed by atoms with van der Waals surface area (Å²) in [6.07, 6.45) is 55.0. The summed E-state index contributed by atoms with van der Waals surface area (Å²) in [5.74, 6) is -1.83. The van der Waals surface area contributed by atoms with Gasteiger partial charge in [-0.05, 0) is 89.9 Å². The van der Waals surface area contributed by atoms with Gasteiger partial charge in [0.25, 0.3) is 0 Å². The number of unbranched alkanes of at least 4 members (excludes halogenated alkanes) is 14. The number of carboxylic acids is 1. The van der Waals surface area contributed by atoms with Crippen LogP contribution in [0, 0.1) is 0 Å². The fourth-order valence-electron chi connectivity index (χ4n) is 5.66. The zero-order valence-electron chi connectivity index (χ0n) is 36.8. The Bertz CT molecular complexity index is 1260. The molecule has 0 heterocycles. The van der Waals surface area contributed by atoms with Crippen molar-refractivity contribution in [1.82, 2.24) is 0 Å². The Labute approximate surface area is 358 Å². The lowest BCUT2D eigenvalue weighted by molar-refractivity contribution is -0.154. The van der Waals surface area contributed by atoms with E-state index >= 15 is 0 Å². The van der Waals surface area contributed by atoms with Gasteiger partial charge in [0.15, 0.2) is 0 Å². The maximum Gasteiger partial charge on any atom is 0.472 e. The number of ether oxygens (including phenoxy) is 2. The molecule has 0 aromatic carbocycles. The van der Waals surface area contributed by atoms with E-state index in [0.717, 1.165) is 77.0 Å². The molecule has 0 saturated heterocycles. The Morgan fingerprint density at radius 2 is 0.983 bits per heavy atom. The molecule has 0 fully saturated rings. The highest BCUT2D eigenvalue weighted by molar-refractivity contribution is 7.47. The van der Waals surface area contributed by atoms with Crippen LogP contribution in [0.25, 0.3) is 0 Å². The largest absolute Gasteiger partial charge is 0.480 e. The van der Waals surface area contributed by atoms with E-state index in [1.54, 1.807) is 0 Å². The second kappa shape index (κ2) is 43.2.